The van der Waals surface area contributed by atoms with Crippen molar-refractivity contribution in [3.05, 3.63) is 33.8 Å². The Morgan fingerprint density at radius 2 is 1.76 bits per heavy atom. The lowest BCUT2D eigenvalue weighted by molar-refractivity contribution is -0.141. The highest BCUT2D eigenvalue weighted by Crippen LogP contribution is 2.42. The summed E-state index contributed by atoms with van der Waals surface area (Å²) in [5.74, 6) is 1.69. The van der Waals surface area contributed by atoms with E-state index < -0.39 is 0 Å². The highest BCUT2D eigenvalue weighted by Gasteiger charge is 2.41. The Morgan fingerprint density at radius 3 is 2.36 bits per heavy atom. The second-order valence-electron chi connectivity index (χ2n) is 11.2. The van der Waals surface area contributed by atoms with Crippen molar-refractivity contribution in [2.24, 2.45) is 17.3 Å². The topological polar surface area (TPSA) is 35.6 Å². The van der Waals surface area contributed by atoms with Crippen LogP contribution in [0.15, 0.2) is 18.2 Å². The number of piperidine rings is 1. The first-order valence-electron chi connectivity index (χ1n) is 12.4. The average molecular weight is 497 g/mol. The number of benzene rings is 1. The zero-order valence-corrected chi connectivity index (χ0v) is 21.4. The first-order chi connectivity index (χ1) is 15.2. The Kier molecular flexibility index (Phi) is 9.16. The van der Waals surface area contributed by atoms with Crippen LogP contribution < -0.4 is 5.32 Å². The zero-order chi connectivity index (χ0) is 22.9. The molecule has 1 unspecified atom stereocenters. The van der Waals surface area contributed by atoms with E-state index in [1.807, 2.05) is 6.07 Å². The molecule has 1 N–H and O–H groups in total. The number of halogens is 2. The van der Waals surface area contributed by atoms with Crippen molar-refractivity contribution in [2.75, 3.05) is 32.7 Å². The molecule has 0 aromatic heterocycles. The van der Waals surface area contributed by atoms with Crippen molar-refractivity contribution in [3.8, 4) is 0 Å². The molecule has 6 heteroatoms. The summed E-state index contributed by atoms with van der Waals surface area (Å²) >= 11 is 12.6. The van der Waals surface area contributed by atoms with Crippen molar-refractivity contribution >= 4 is 29.1 Å². The van der Waals surface area contributed by atoms with Gasteiger partial charge in [-0.05, 0) is 67.3 Å². The number of carbonyl (C=O) groups is 1. The van der Waals surface area contributed by atoms with E-state index in [0.717, 1.165) is 57.9 Å². The van der Waals surface area contributed by atoms with Gasteiger partial charge in [0, 0.05) is 38.1 Å². The molecule has 4 nitrogen and oxygen atoms in total. The van der Waals surface area contributed by atoms with Crippen molar-refractivity contribution in [2.45, 2.75) is 78.8 Å². The highest BCUT2D eigenvalue weighted by molar-refractivity contribution is 6.42. The van der Waals surface area contributed by atoms with Gasteiger partial charge < -0.3 is 10.2 Å². The number of amides is 1. The monoisotopic (exact) mass is 495 g/mol. The molecule has 1 aromatic rings. The molecule has 186 valence electrons. The molecule has 0 spiro atoms. The Balaban J connectivity index is 0.00000306. The lowest BCUT2D eigenvalue weighted by atomic mass is 9.82. The van der Waals surface area contributed by atoms with Gasteiger partial charge in [-0.2, -0.15) is 0 Å². The lowest BCUT2D eigenvalue weighted by Crippen LogP contribution is -2.60. The molecule has 1 saturated carbocycles. The number of nitrogens with zero attached hydrogens (tertiary/aromatic N) is 2. The van der Waals surface area contributed by atoms with Crippen LogP contribution in [0.3, 0.4) is 0 Å². The normalized spacial score (nSPS) is 23.8. The minimum atomic E-state index is 0. The standard InChI is InChI=1S/C26H39Cl2N3O.CH4/c1-26(2,3)24-17-30(12-13-31(24)25(32)15-19-8-10-29-11-9-19)23(14-18-4-5-18)20-6-7-21(27)22(28)16-20;/h6-7,16,18-19,23-24,29H,4-5,8-15,17H2,1-3H3;1H4/t23?,24-;/m1./s1. The second-order valence-corrected chi connectivity index (χ2v) is 12.0. The van der Waals surface area contributed by atoms with Crippen molar-refractivity contribution < 1.29 is 4.79 Å². The first kappa shape index (κ1) is 26.8. The molecule has 4 rings (SSSR count). The van der Waals surface area contributed by atoms with E-state index in [-0.39, 0.29) is 18.9 Å². The van der Waals surface area contributed by atoms with Gasteiger partial charge in [-0.25, -0.2) is 0 Å². The van der Waals surface area contributed by atoms with Crippen LogP contribution in [0.5, 0.6) is 0 Å². The van der Waals surface area contributed by atoms with Crippen LogP contribution in [-0.2, 0) is 4.79 Å². The first-order valence-corrected chi connectivity index (χ1v) is 13.2. The average Bonchev–Trinajstić information content (AvgIpc) is 3.58. The Hall–Kier alpha value is -0.810. The van der Waals surface area contributed by atoms with Gasteiger partial charge in [-0.1, -0.05) is 70.3 Å². The van der Waals surface area contributed by atoms with Crippen molar-refractivity contribution in [1.82, 2.24) is 15.1 Å². The SMILES string of the molecule is C.CC(C)(C)[C@H]1CN(C(CC2CC2)c2ccc(Cl)c(Cl)c2)CCN1C(=O)CC1CCNCC1. The van der Waals surface area contributed by atoms with Crippen LogP contribution in [0.1, 0.15) is 78.3 Å². The molecule has 3 fully saturated rings. The van der Waals surface area contributed by atoms with Crippen molar-refractivity contribution in [3.63, 3.8) is 0 Å². The van der Waals surface area contributed by atoms with Gasteiger partial charge in [0.25, 0.3) is 0 Å². The number of hydrogen-bond acceptors (Lipinski definition) is 3. The maximum absolute atomic E-state index is 13.4. The van der Waals surface area contributed by atoms with E-state index in [1.165, 1.54) is 18.4 Å². The summed E-state index contributed by atoms with van der Waals surface area (Å²) < 4.78 is 0. The fourth-order valence-corrected chi connectivity index (χ4v) is 5.77. The van der Waals surface area contributed by atoms with E-state index in [1.54, 1.807) is 0 Å². The number of rotatable bonds is 6. The van der Waals surface area contributed by atoms with Gasteiger partial charge in [-0.15, -0.1) is 0 Å². The third kappa shape index (κ3) is 6.87. The Bertz CT molecular complexity index is 799. The van der Waals surface area contributed by atoms with Crippen LogP contribution in [0, 0.1) is 17.3 Å². The molecule has 2 heterocycles. The molecule has 3 aliphatic rings. The van der Waals surface area contributed by atoms with Gasteiger partial charge in [0.2, 0.25) is 5.91 Å². The van der Waals surface area contributed by atoms with Crippen molar-refractivity contribution in [1.29, 1.82) is 0 Å². The second kappa shape index (κ2) is 11.3. The Morgan fingerprint density at radius 1 is 1.06 bits per heavy atom. The van der Waals surface area contributed by atoms with Gasteiger partial charge in [0.05, 0.1) is 10.0 Å². The molecule has 1 amide bonds. The molecule has 33 heavy (non-hydrogen) atoms. The number of nitrogens with one attached hydrogen (secondary N) is 1. The van der Waals surface area contributed by atoms with Crippen LogP contribution >= 0.6 is 23.2 Å². The molecular formula is C27H43Cl2N3O. The van der Waals surface area contributed by atoms with E-state index in [9.17, 15) is 4.79 Å². The fraction of sp³-hybridized carbons (Fsp3) is 0.741. The highest BCUT2D eigenvalue weighted by atomic mass is 35.5. The van der Waals surface area contributed by atoms with Gasteiger partial charge in [-0.3, -0.25) is 9.69 Å². The fourth-order valence-electron chi connectivity index (χ4n) is 5.46. The summed E-state index contributed by atoms with van der Waals surface area (Å²) in [4.78, 5) is 18.2. The minimum absolute atomic E-state index is 0. The lowest BCUT2D eigenvalue weighted by Gasteiger charge is -2.50. The molecule has 0 radical (unpaired) electrons. The predicted octanol–water partition coefficient (Wildman–Crippen LogP) is 6.42. The largest absolute Gasteiger partial charge is 0.337 e. The molecule has 1 aromatic carbocycles. The predicted molar refractivity (Wildman–Crippen MR) is 140 cm³/mol. The number of carbonyl (C=O) groups excluding carboxylic acids is 1. The summed E-state index contributed by atoms with van der Waals surface area (Å²) in [6, 6.07) is 6.68. The summed E-state index contributed by atoms with van der Waals surface area (Å²) in [7, 11) is 0. The molecular weight excluding hydrogens is 453 g/mol. The third-order valence-corrected chi connectivity index (χ3v) is 8.42. The quantitative estimate of drug-likeness (QED) is 0.494. The number of hydrogen-bond donors (Lipinski definition) is 1. The molecule has 0 bridgehead atoms. The van der Waals surface area contributed by atoms with Gasteiger partial charge >= 0.3 is 0 Å². The summed E-state index contributed by atoms with van der Waals surface area (Å²) in [5, 5.41) is 4.66. The molecule has 2 saturated heterocycles. The Labute approximate surface area is 211 Å². The van der Waals surface area contributed by atoms with Gasteiger partial charge in [0.1, 0.15) is 0 Å². The van der Waals surface area contributed by atoms with E-state index >= 15 is 0 Å². The van der Waals surface area contributed by atoms with Crippen LogP contribution in [0.4, 0.5) is 0 Å². The van der Waals surface area contributed by atoms with E-state index in [0.29, 0.717) is 34.3 Å². The minimum Gasteiger partial charge on any atom is -0.337 e. The maximum atomic E-state index is 13.4. The van der Waals surface area contributed by atoms with Gasteiger partial charge in [0.15, 0.2) is 0 Å². The number of piperazine rings is 1. The zero-order valence-electron chi connectivity index (χ0n) is 19.9. The summed E-state index contributed by atoms with van der Waals surface area (Å²) in [5.41, 5.74) is 1.29. The van der Waals surface area contributed by atoms with E-state index in [2.05, 4.69) is 48.0 Å². The molecule has 1 aliphatic carbocycles. The van der Waals surface area contributed by atoms with Crippen LogP contribution in [0.25, 0.3) is 0 Å². The summed E-state index contributed by atoms with van der Waals surface area (Å²) in [6.45, 7) is 11.6. The third-order valence-electron chi connectivity index (χ3n) is 7.68. The maximum Gasteiger partial charge on any atom is 0.223 e. The molecule has 2 aliphatic heterocycles. The summed E-state index contributed by atoms with van der Waals surface area (Å²) in [6.07, 6.45) is 6.76. The van der Waals surface area contributed by atoms with E-state index in [4.69, 9.17) is 23.2 Å². The van der Waals surface area contributed by atoms with Crippen LogP contribution in [0.2, 0.25) is 10.0 Å². The molecule has 2 atom stereocenters. The smallest absolute Gasteiger partial charge is 0.223 e. The van der Waals surface area contributed by atoms with Crippen LogP contribution in [-0.4, -0.2) is 54.5 Å².